The number of hydrogen-bond acceptors (Lipinski definition) is 5. The Hall–Kier alpha value is -3.04. The van der Waals surface area contributed by atoms with E-state index in [0.29, 0.717) is 0 Å². The topological polar surface area (TPSA) is 101 Å². The van der Waals surface area contributed by atoms with Crippen LogP contribution in [0.1, 0.15) is 5.56 Å². The minimum atomic E-state index is -3.85. The van der Waals surface area contributed by atoms with Crippen LogP contribution in [0.25, 0.3) is 6.08 Å². The van der Waals surface area contributed by atoms with Gasteiger partial charge in [0, 0.05) is 44.4 Å². The second-order valence-corrected chi connectivity index (χ2v) is 8.17. The standard InChI is InChI=1S/C19H19N3O5S/c23-19(10-9-16-5-2-1-3-6-16)20-11-13-21(14-12-20)28(26,27)18-8-4-7-17(15-18)22(24)25/h1-10,15H,11-14H2/b10-9+. The summed E-state index contributed by atoms with van der Waals surface area (Å²) in [5, 5.41) is 10.9. The zero-order valence-corrected chi connectivity index (χ0v) is 15.8. The number of sulfonamides is 1. The fraction of sp³-hybridized carbons (Fsp3) is 0.211. The fourth-order valence-corrected chi connectivity index (χ4v) is 4.35. The number of nitro groups is 1. The van der Waals surface area contributed by atoms with Crippen molar-refractivity contribution in [2.75, 3.05) is 26.2 Å². The number of non-ortho nitro benzene ring substituents is 1. The van der Waals surface area contributed by atoms with Crippen molar-refractivity contribution in [1.82, 2.24) is 9.21 Å². The Kier molecular flexibility index (Phi) is 5.86. The van der Waals surface area contributed by atoms with Crippen molar-refractivity contribution >= 4 is 27.7 Å². The number of nitro benzene ring substituents is 1. The van der Waals surface area contributed by atoms with Gasteiger partial charge in [0.05, 0.1) is 9.82 Å². The molecule has 1 amide bonds. The number of nitrogens with zero attached hydrogens (tertiary/aromatic N) is 3. The zero-order chi connectivity index (χ0) is 20.1. The lowest BCUT2D eigenvalue weighted by Crippen LogP contribution is -2.50. The summed E-state index contributed by atoms with van der Waals surface area (Å²) in [5.74, 6) is -0.184. The Labute approximate surface area is 162 Å². The molecular formula is C19H19N3O5S. The predicted molar refractivity (Wildman–Crippen MR) is 104 cm³/mol. The molecule has 0 unspecified atom stereocenters. The summed E-state index contributed by atoms with van der Waals surface area (Å²) in [7, 11) is -3.85. The van der Waals surface area contributed by atoms with Crippen molar-refractivity contribution in [3.8, 4) is 0 Å². The van der Waals surface area contributed by atoms with Gasteiger partial charge in [0.2, 0.25) is 15.9 Å². The number of benzene rings is 2. The summed E-state index contributed by atoms with van der Waals surface area (Å²) >= 11 is 0. The number of hydrogen-bond donors (Lipinski definition) is 0. The second kappa shape index (κ2) is 8.32. The summed E-state index contributed by atoms with van der Waals surface area (Å²) in [6.07, 6.45) is 3.19. The molecule has 1 heterocycles. The molecule has 0 N–H and O–H groups in total. The Morgan fingerprint density at radius 1 is 1.00 bits per heavy atom. The molecule has 146 valence electrons. The van der Waals surface area contributed by atoms with Gasteiger partial charge in [0.15, 0.2) is 0 Å². The van der Waals surface area contributed by atoms with Gasteiger partial charge in [-0.25, -0.2) is 8.42 Å². The summed E-state index contributed by atoms with van der Waals surface area (Å²) in [4.78, 5) is 24.0. The van der Waals surface area contributed by atoms with Crippen molar-refractivity contribution in [2.45, 2.75) is 4.90 Å². The van der Waals surface area contributed by atoms with Gasteiger partial charge in [-0.05, 0) is 17.7 Å². The molecule has 0 radical (unpaired) electrons. The predicted octanol–water partition coefficient (Wildman–Crippen LogP) is 2.14. The van der Waals surface area contributed by atoms with Crippen molar-refractivity contribution in [2.24, 2.45) is 0 Å². The first-order valence-electron chi connectivity index (χ1n) is 8.64. The lowest BCUT2D eigenvalue weighted by Gasteiger charge is -2.33. The first kappa shape index (κ1) is 19.7. The van der Waals surface area contributed by atoms with Gasteiger partial charge in [0.25, 0.3) is 5.69 Å². The van der Waals surface area contributed by atoms with E-state index < -0.39 is 14.9 Å². The highest BCUT2D eigenvalue weighted by Crippen LogP contribution is 2.22. The SMILES string of the molecule is O=C(/C=C/c1ccccc1)N1CCN(S(=O)(=O)c2cccc([N+](=O)[O-])c2)CC1. The third-order valence-corrected chi connectivity index (χ3v) is 6.33. The molecule has 2 aromatic carbocycles. The third kappa shape index (κ3) is 4.44. The molecule has 0 saturated carbocycles. The Balaban J connectivity index is 1.64. The van der Waals surface area contributed by atoms with E-state index in [9.17, 15) is 23.3 Å². The molecule has 0 aliphatic carbocycles. The van der Waals surface area contributed by atoms with Crippen LogP contribution in [0.3, 0.4) is 0 Å². The number of carbonyl (C=O) groups excluding carboxylic acids is 1. The minimum absolute atomic E-state index is 0.120. The van der Waals surface area contributed by atoms with Gasteiger partial charge < -0.3 is 4.90 Å². The molecule has 1 aliphatic heterocycles. The summed E-state index contributed by atoms with van der Waals surface area (Å²) in [5.41, 5.74) is 0.628. The van der Waals surface area contributed by atoms with Gasteiger partial charge in [-0.3, -0.25) is 14.9 Å². The molecule has 1 aliphatic rings. The number of rotatable bonds is 5. The quantitative estimate of drug-likeness (QED) is 0.434. The van der Waals surface area contributed by atoms with E-state index in [-0.39, 0.29) is 42.7 Å². The smallest absolute Gasteiger partial charge is 0.270 e. The van der Waals surface area contributed by atoms with Crippen LogP contribution in [0.15, 0.2) is 65.6 Å². The second-order valence-electron chi connectivity index (χ2n) is 6.23. The van der Waals surface area contributed by atoms with Gasteiger partial charge in [0.1, 0.15) is 0 Å². The number of piperazine rings is 1. The lowest BCUT2D eigenvalue weighted by atomic mass is 10.2. The Bertz CT molecular complexity index is 997. The van der Waals surface area contributed by atoms with E-state index in [1.165, 1.54) is 28.6 Å². The first-order valence-corrected chi connectivity index (χ1v) is 10.1. The van der Waals surface area contributed by atoms with Crippen molar-refractivity contribution in [1.29, 1.82) is 0 Å². The maximum atomic E-state index is 12.7. The van der Waals surface area contributed by atoms with E-state index in [0.717, 1.165) is 11.6 Å². The molecule has 3 rings (SSSR count). The van der Waals surface area contributed by atoms with Gasteiger partial charge >= 0.3 is 0 Å². The Morgan fingerprint density at radius 3 is 2.32 bits per heavy atom. The van der Waals surface area contributed by atoms with Crippen molar-refractivity contribution < 1.29 is 18.1 Å². The molecule has 28 heavy (non-hydrogen) atoms. The van der Waals surface area contributed by atoms with E-state index in [1.54, 1.807) is 11.0 Å². The largest absolute Gasteiger partial charge is 0.337 e. The molecule has 0 aromatic heterocycles. The molecule has 9 heteroatoms. The van der Waals surface area contributed by atoms with Crippen LogP contribution in [-0.2, 0) is 14.8 Å². The maximum Gasteiger partial charge on any atom is 0.270 e. The molecule has 0 spiro atoms. The van der Waals surface area contributed by atoms with E-state index in [1.807, 2.05) is 30.3 Å². The lowest BCUT2D eigenvalue weighted by molar-refractivity contribution is -0.385. The number of amides is 1. The first-order chi connectivity index (χ1) is 13.4. The highest BCUT2D eigenvalue weighted by Gasteiger charge is 2.30. The molecule has 1 saturated heterocycles. The van der Waals surface area contributed by atoms with Crippen molar-refractivity contribution in [3.05, 3.63) is 76.4 Å². The normalized spacial score (nSPS) is 15.6. The van der Waals surface area contributed by atoms with Gasteiger partial charge in [-0.2, -0.15) is 4.31 Å². The molecule has 0 atom stereocenters. The minimum Gasteiger partial charge on any atom is -0.337 e. The number of carbonyl (C=O) groups is 1. The van der Waals surface area contributed by atoms with E-state index in [4.69, 9.17) is 0 Å². The van der Waals surface area contributed by atoms with Crippen molar-refractivity contribution in [3.63, 3.8) is 0 Å². The van der Waals surface area contributed by atoms with Gasteiger partial charge in [-0.1, -0.05) is 36.4 Å². The van der Waals surface area contributed by atoms with Gasteiger partial charge in [-0.15, -0.1) is 0 Å². The third-order valence-electron chi connectivity index (χ3n) is 4.43. The van der Waals surface area contributed by atoms with Crippen LogP contribution in [0.4, 0.5) is 5.69 Å². The molecular weight excluding hydrogens is 382 g/mol. The Morgan fingerprint density at radius 2 is 1.68 bits per heavy atom. The summed E-state index contributed by atoms with van der Waals surface area (Å²) in [6, 6.07) is 14.4. The van der Waals surface area contributed by atoms with Crippen LogP contribution >= 0.6 is 0 Å². The molecule has 0 bridgehead atoms. The highest BCUT2D eigenvalue weighted by molar-refractivity contribution is 7.89. The molecule has 8 nitrogen and oxygen atoms in total. The highest BCUT2D eigenvalue weighted by atomic mass is 32.2. The van der Waals surface area contributed by atoms with Crippen LogP contribution in [0.5, 0.6) is 0 Å². The van der Waals surface area contributed by atoms with Crippen LogP contribution in [0, 0.1) is 10.1 Å². The molecule has 1 fully saturated rings. The summed E-state index contributed by atoms with van der Waals surface area (Å²) < 4.78 is 26.7. The van der Waals surface area contributed by atoms with E-state index >= 15 is 0 Å². The summed E-state index contributed by atoms with van der Waals surface area (Å²) in [6.45, 7) is 0.782. The van der Waals surface area contributed by atoms with Crippen LogP contribution < -0.4 is 0 Å². The average molecular weight is 401 g/mol. The molecule has 2 aromatic rings. The monoisotopic (exact) mass is 401 g/mol. The fourth-order valence-electron chi connectivity index (χ4n) is 2.89. The zero-order valence-electron chi connectivity index (χ0n) is 15.0. The maximum absolute atomic E-state index is 12.7. The van der Waals surface area contributed by atoms with Crippen LogP contribution in [0.2, 0.25) is 0 Å². The van der Waals surface area contributed by atoms with Crippen LogP contribution in [-0.4, -0.2) is 54.6 Å². The van der Waals surface area contributed by atoms with E-state index in [2.05, 4.69) is 0 Å². The average Bonchev–Trinajstić information content (AvgIpc) is 2.73.